The van der Waals surface area contributed by atoms with Crippen molar-refractivity contribution in [2.24, 2.45) is 17.8 Å². The highest BCUT2D eigenvalue weighted by Crippen LogP contribution is 2.45. The van der Waals surface area contributed by atoms with Crippen molar-refractivity contribution >= 4 is 22.8 Å². The molecule has 3 atom stereocenters. The minimum absolute atomic E-state index is 0.0558. The summed E-state index contributed by atoms with van der Waals surface area (Å²) in [6, 6.07) is 5.25. The van der Waals surface area contributed by atoms with E-state index in [0.29, 0.717) is 24.0 Å². The molecule has 12 heteroatoms. The molecule has 0 radical (unpaired) electrons. The summed E-state index contributed by atoms with van der Waals surface area (Å²) in [6.07, 6.45) is 3.16. The molecular formula is C29H36F2N6O4. The van der Waals surface area contributed by atoms with Crippen molar-refractivity contribution in [3.05, 3.63) is 41.0 Å². The summed E-state index contributed by atoms with van der Waals surface area (Å²) in [5, 5.41) is 13.7. The number of halogens is 2. The highest BCUT2D eigenvalue weighted by atomic mass is 19.3. The predicted octanol–water partition coefficient (Wildman–Crippen LogP) is 4.93. The van der Waals surface area contributed by atoms with Crippen molar-refractivity contribution < 1.29 is 27.7 Å². The Balaban J connectivity index is 1.24. The van der Waals surface area contributed by atoms with Gasteiger partial charge in [0, 0.05) is 25.9 Å². The molecule has 1 unspecified atom stereocenters. The molecule has 0 spiro atoms. The standard InChI is InChI=1S/C29H36F2N6O4/c1-15-23(37-41-36-15)27(39)35-25(19-8-9-40-28(2,3)14-19)26-32-20-7-6-18(11-21(20)33-26)24(17-4-5-17)34-22(38)10-16-12-29(30,31)13-16/h6-7,11,16-17,19,24-25H,4-5,8-10,12-14H2,1-3H3,(H,32,33)(H,34,38)(H,35,39)/t19-,24?,25+/m1/s1. The first kappa shape index (κ1) is 27.7. The largest absolute Gasteiger partial charge is 0.376 e. The minimum Gasteiger partial charge on any atom is -0.376 e. The quantitative estimate of drug-likeness (QED) is 0.332. The molecule has 3 N–H and O–H groups in total. The molecule has 220 valence electrons. The number of aromatic amines is 1. The summed E-state index contributed by atoms with van der Waals surface area (Å²) in [6.45, 7) is 6.31. The van der Waals surface area contributed by atoms with Gasteiger partial charge in [0.25, 0.3) is 5.91 Å². The minimum atomic E-state index is -2.63. The summed E-state index contributed by atoms with van der Waals surface area (Å²) in [7, 11) is 0. The highest BCUT2D eigenvalue weighted by molar-refractivity contribution is 5.93. The van der Waals surface area contributed by atoms with Crippen LogP contribution in [0.4, 0.5) is 8.78 Å². The number of imidazole rings is 1. The summed E-state index contributed by atoms with van der Waals surface area (Å²) < 4.78 is 37.2. The lowest BCUT2D eigenvalue weighted by Gasteiger charge is -2.38. The molecule has 1 aromatic carbocycles. The summed E-state index contributed by atoms with van der Waals surface area (Å²) >= 11 is 0. The monoisotopic (exact) mass is 570 g/mol. The van der Waals surface area contributed by atoms with Gasteiger partial charge in [-0.3, -0.25) is 9.59 Å². The van der Waals surface area contributed by atoms with Gasteiger partial charge in [-0.15, -0.1) is 0 Å². The van der Waals surface area contributed by atoms with E-state index in [-0.39, 0.29) is 60.2 Å². The van der Waals surface area contributed by atoms with Gasteiger partial charge in [-0.25, -0.2) is 18.4 Å². The van der Waals surface area contributed by atoms with Gasteiger partial charge in [0.2, 0.25) is 11.8 Å². The number of H-pyrrole nitrogens is 1. The Morgan fingerprint density at radius 3 is 2.51 bits per heavy atom. The van der Waals surface area contributed by atoms with Gasteiger partial charge in [-0.1, -0.05) is 11.2 Å². The van der Waals surface area contributed by atoms with Crippen LogP contribution in [0.25, 0.3) is 11.0 Å². The van der Waals surface area contributed by atoms with Gasteiger partial charge in [0.05, 0.1) is 28.7 Å². The zero-order valence-electron chi connectivity index (χ0n) is 23.5. The number of hydrogen-bond acceptors (Lipinski definition) is 7. The summed E-state index contributed by atoms with van der Waals surface area (Å²) in [5.74, 6) is -2.47. The summed E-state index contributed by atoms with van der Waals surface area (Å²) in [4.78, 5) is 34.2. The average Bonchev–Trinajstić information content (AvgIpc) is 3.49. The van der Waals surface area contributed by atoms with Crippen LogP contribution in [0.3, 0.4) is 0 Å². The van der Waals surface area contributed by atoms with Gasteiger partial charge < -0.3 is 20.4 Å². The van der Waals surface area contributed by atoms with Crippen LogP contribution in [0.2, 0.25) is 0 Å². The van der Waals surface area contributed by atoms with Gasteiger partial charge in [0.1, 0.15) is 11.5 Å². The zero-order chi connectivity index (χ0) is 28.9. The SMILES string of the molecule is Cc1nonc1C(=O)N[C@H](c1nc2ccc(C(NC(=O)CC3CC(F)(F)C3)C3CC3)cc2[nH]1)[C@@H]1CCOC(C)(C)C1. The lowest BCUT2D eigenvalue weighted by atomic mass is 9.79. The van der Waals surface area contributed by atoms with Crippen molar-refractivity contribution in [2.45, 2.75) is 89.3 Å². The van der Waals surface area contributed by atoms with Crippen LogP contribution in [0.5, 0.6) is 0 Å². The Bertz CT molecular complexity index is 1440. The second-order valence-corrected chi connectivity index (χ2v) is 12.6. The second-order valence-electron chi connectivity index (χ2n) is 12.6. The Morgan fingerprint density at radius 1 is 1.07 bits per heavy atom. The first-order chi connectivity index (χ1) is 19.5. The van der Waals surface area contributed by atoms with Crippen LogP contribution in [-0.4, -0.2) is 50.2 Å². The maximum absolute atomic E-state index is 13.2. The fourth-order valence-electron chi connectivity index (χ4n) is 6.33. The number of nitrogens with zero attached hydrogens (tertiary/aromatic N) is 3. The number of fused-ring (bicyclic) bond motifs is 1. The van der Waals surface area contributed by atoms with Crippen molar-refractivity contribution in [3.63, 3.8) is 0 Å². The predicted molar refractivity (Wildman–Crippen MR) is 144 cm³/mol. The van der Waals surface area contributed by atoms with Gasteiger partial charge in [0.15, 0.2) is 5.69 Å². The maximum atomic E-state index is 13.2. The van der Waals surface area contributed by atoms with E-state index in [9.17, 15) is 18.4 Å². The van der Waals surface area contributed by atoms with Crippen LogP contribution >= 0.6 is 0 Å². The number of alkyl halides is 2. The first-order valence-corrected chi connectivity index (χ1v) is 14.4. The van der Waals surface area contributed by atoms with E-state index in [0.717, 1.165) is 42.3 Å². The maximum Gasteiger partial charge on any atom is 0.276 e. The van der Waals surface area contributed by atoms with E-state index >= 15 is 0 Å². The Labute approximate surface area is 236 Å². The van der Waals surface area contributed by atoms with Gasteiger partial charge in [-0.05, 0) is 87.1 Å². The molecule has 0 bridgehead atoms. The van der Waals surface area contributed by atoms with E-state index in [1.165, 1.54) is 0 Å². The number of carbonyl (C=O) groups is 2. The number of aromatic nitrogens is 4. The smallest absolute Gasteiger partial charge is 0.276 e. The van der Waals surface area contributed by atoms with E-state index in [1.54, 1.807) is 6.92 Å². The van der Waals surface area contributed by atoms with Gasteiger partial charge in [-0.2, -0.15) is 0 Å². The number of hydrogen-bond donors (Lipinski definition) is 3. The van der Waals surface area contributed by atoms with Gasteiger partial charge >= 0.3 is 0 Å². The molecule has 2 amide bonds. The number of rotatable bonds is 9. The normalized spacial score (nSPS) is 23.5. The fraction of sp³-hybridized carbons (Fsp3) is 0.621. The third-order valence-electron chi connectivity index (χ3n) is 8.60. The molecule has 1 aliphatic heterocycles. The zero-order valence-corrected chi connectivity index (χ0v) is 23.5. The van der Waals surface area contributed by atoms with Crippen molar-refractivity contribution in [1.29, 1.82) is 0 Å². The molecule has 6 rings (SSSR count). The Morgan fingerprint density at radius 2 is 1.85 bits per heavy atom. The molecule has 10 nitrogen and oxygen atoms in total. The molecule has 3 fully saturated rings. The van der Waals surface area contributed by atoms with Crippen LogP contribution in [0.15, 0.2) is 22.8 Å². The second kappa shape index (κ2) is 10.5. The van der Waals surface area contributed by atoms with Crippen molar-refractivity contribution in [3.8, 4) is 0 Å². The lowest BCUT2D eigenvalue weighted by Crippen LogP contribution is -2.42. The number of aryl methyl sites for hydroxylation is 1. The topological polar surface area (TPSA) is 135 Å². The fourth-order valence-corrected chi connectivity index (χ4v) is 6.33. The summed E-state index contributed by atoms with van der Waals surface area (Å²) in [5.41, 5.74) is 2.67. The molecule has 3 heterocycles. The molecule has 41 heavy (non-hydrogen) atoms. The number of amides is 2. The molecular weight excluding hydrogens is 534 g/mol. The molecule has 1 saturated heterocycles. The lowest BCUT2D eigenvalue weighted by molar-refractivity contribution is -0.134. The molecule has 2 aliphatic carbocycles. The average molecular weight is 571 g/mol. The number of carbonyl (C=O) groups excluding carboxylic acids is 2. The van der Waals surface area contributed by atoms with Crippen molar-refractivity contribution in [2.75, 3.05) is 6.61 Å². The molecule has 3 aliphatic rings. The number of ether oxygens (including phenoxy) is 1. The van der Waals surface area contributed by atoms with E-state index in [4.69, 9.17) is 14.3 Å². The van der Waals surface area contributed by atoms with E-state index < -0.39 is 12.0 Å². The molecule has 3 aromatic rings. The molecule has 2 aromatic heterocycles. The first-order valence-electron chi connectivity index (χ1n) is 14.4. The Kier molecular flexibility index (Phi) is 7.07. The number of benzene rings is 1. The van der Waals surface area contributed by atoms with Crippen LogP contribution in [-0.2, 0) is 9.53 Å². The molecule has 2 saturated carbocycles. The third kappa shape index (κ3) is 6.12. The van der Waals surface area contributed by atoms with E-state index in [1.807, 2.05) is 32.0 Å². The Hall–Kier alpha value is -3.41. The van der Waals surface area contributed by atoms with E-state index in [2.05, 4.69) is 25.9 Å². The van der Waals surface area contributed by atoms with Crippen LogP contribution < -0.4 is 10.6 Å². The van der Waals surface area contributed by atoms with Crippen LogP contribution in [0, 0.1) is 24.7 Å². The third-order valence-corrected chi connectivity index (χ3v) is 8.60. The highest BCUT2D eigenvalue weighted by Gasteiger charge is 2.46. The van der Waals surface area contributed by atoms with Crippen molar-refractivity contribution in [1.82, 2.24) is 30.9 Å². The van der Waals surface area contributed by atoms with Crippen LogP contribution in [0.1, 0.15) is 98.4 Å². The number of nitrogens with one attached hydrogen (secondary N) is 3.